The van der Waals surface area contributed by atoms with Crippen LogP contribution in [-0.2, 0) is 204 Å². The molecule has 1 aliphatic rings. The monoisotopic (exact) mass is 898 g/mol. The molecule has 1 N–H and O–H groups in total. The topological polar surface area (TPSA) is 28.7 Å². The van der Waals surface area contributed by atoms with Gasteiger partial charge in [-0.2, -0.15) is 0 Å². The molecule has 1 unspecified atom stereocenters. The number of fused-ring (bicyclic) bond motifs is 1. The maximum absolute atomic E-state index is 4.76. The first kappa shape index (κ1) is 37.2. The number of rotatable bonds is 2. The van der Waals surface area contributed by atoms with Gasteiger partial charge in [0.2, 0.25) is 0 Å². The van der Waals surface area contributed by atoms with Crippen molar-refractivity contribution in [3.63, 3.8) is 0 Å². The summed E-state index contributed by atoms with van der Waals surface area (Å²) in [5.74, 6) is 0.666. The summed E-state index contributed by atoms with van der Waals surface area (Å²) in [7, 11) is 32.6. The minimum absolute atomic E-state index is 0.666. The second kappa shape index (κ2) is 26.5. The van der Waals surface area contributed by atoms with Crippen molar-refractivity contribution in [1.82, 2.24) is 9.97 Å². The van der Waals surface area contributed by atoms with Gasteiger partial charge in [-0.15, -0.1) is 0 Å². The maximum Gasteiger partial charge on any atom is 0.0921 e. The van der Waals surface area contributed by atoms with Crippen molar-refractivity contribution >= 4 is 191 Å². The smallest absolute Gasteiger partial charge is 0.0921 e. The number of benzene rings is 1. The highest BCUT2D eigenvalue weighted by Gasteiger charge is 2.20. The van der Waals surface area contributed by atoms with Gasteiger partial charge in [-0.05, 0) is 49.7 Å². The van der Waals surface area contributed by atoms with E-state index < -0.39 is 0 Å². The van der Waals surface area contributed by atoms with E-state index in [-0.39, 0.29) is 0 Å². The number of hydrogen-bond donors (Lipinski definition) is 1. The molecular weight excluding hydrogens is 882 g/mol. The van der Waals surface area contributed by atoms with E-state index in [9.17, 15) is 0 Å². The Balaban J connectivity index is 0.000000271. The minimum atomic E-state index is 0.666. The van der Waals surface area contributed by atoms with Gasteiger partial charge in [0.1, 0.15) is 0 Å². The third kappa shape index (κ3) is 18.7. The fourth-order valence-electron chi connectivity index (χ4n) is 3.08. The lowest BCUT2D eigenvalue weighted by atomic mass is 9.80. The molecule has 1 heterocycles. The number of aromatic amines is 1. The van der Waals surface area contributed by atoms with E-state index in [2.05, 4.69) is 35.1 Å². The Morgan fingerprint density at radius 2 is 1.26 bits per heavy atom. The molecule has 1 aromatic carbocycles. The summed E-state index contributed by atoms with van der Waals surface area (Å²) in [5, 5.41) is 0. The number of aryl methyl sites for hydroxylation is 2. The number of imidazole rings is 1. The molecule has 3 rings (SSSR count). The Labute approximate surface area is 287 Å². The van der Waals surface area contributed by atoms with Crippen LogP contribution in [-0.4, -0.2) is 9.97 Å². The molecule has 214 valence electrons. The fraction of sp³-hybridized carbons (Fsp3) is 0.400. The zero-order valence-corrected chi connectivity index (χ0v) is 36.0. The SMILES string of the molecule is Cc1ccc2c(c1)C(Cc1cnc[nH]1)CCC2.S=S=S=S=S=S=S=S=S=S=S=S=S=S=S=S=S=S=S=S=S. The number of H-pyrrole nitrogens is 1. The highest BCUT2D eigenvalue weighted by molar-refractivity contribution is 8.78. The summed E-state index contributed by atoms with van der Waals surface area (Å²) < 4.78 is 0. The Morgan fingerprint density at radius 1 is 0.763 bits per heavy atom. The van der Waals surface area contributed by atoms with Crippen LogP contribution in [0.4, 0.5) is 0 Å². The third-order valence-electron chi connectivity index (χ3n) is 4.26. The lowest BCUT2D eigenvalue weighted by Crippen LogP contribution is -2.12. The largest absolute Gasteiger partial charge is 0.348 e. The van der Waals surface area contributed by atoms with Gasteiger partial charge in [-0.3, -0.25) is 0 Å². The summed E-state index contributed by atoms with van der Waals surface area (Å²) in [6, 6.07) is 6.91. The van der Waals surface area contributed by atoms with Crippen LogP contribution in [0.3, 0.4) is 0 Å². The lowest BCUT2D eigenvalue weighted by Gasteiger charge is -2.25. The molecule has 0 spiro atoms. The molecule has 38 heavy (non-hydrogen) atoms. The first-order valence-corrected chi connectivity index (χ1v) is 36.4. The van der Waals surface area contributed by atoms with Crippen LogP contribution in [0.1, 0.15) is 41.1 Å². The van der Waals surface area contributed by atoms with Crippen LogP contribution in [0.25, 0.3) is 0 Å². The van der Waals surface area contributed by atoms with Crippen LogP contribution in [0.5, 0.6) is 0 Å². The van der Waals surface area contributed by atoms with Crippen LogP contribution < -0.4 is 0 Å². The minimum Gasteiger partial charge on any atom is -0.348 e. The van der Waals surface area contributed by atoms with Crippen LogP contribution in [0, 0.1) is 6.92 Å². The van der Waals surface area contributed by atoms with Crippen molar-refractivity contribution in [1.29, 1.82) is 0 Å². The Hall–Kier alpha value is 3.05. The van der Waals surface area contributed by atoms with Gasteiger partial charge < -0.3 is 4.98 Å². The number of hydrogen-bond acceptors (Lipinski definition) is 3. The molecule has 0 saturated carbocycles. The second-order valence-electron chi connectivity index (χ2n) is 6.37. The van der Waals surface area contributed by atoms with Crippen LogP contribution in [0.15, 0.2) is 30.7 Å². The Bertz CT molecular complexity index is 1820. The number of aromatic nitrogens is 2. The van der Waals surface area contributed by atoms with Crippen LogP contribution >= 0.6 is 0 Å². The molecule has 0 fully saturated rings. The molecule has 0 radical (unpaired) electrons. The van der Waals surface area contributed by atoms with Gasteiger partial charge in [0, 0.05) is 203 Å². The molecule has 1 atom stereocenters. The Kier molecular flexibility index (Phi) is 25.9. The van der Waals surface area contributed by atoms with E-state index >= 15 is 0 Å². The molecule has 0 amide bonds. The van der Waals surface area contributed by atoms with Crippen LogP contribution in [0.2, 0.25) is 0 Å². The van der Waals surface area contributed by atoms with Gasteiger partial charge in [0.05, 0.1) is 6.33 Å². The average molecular weight is 900 g/mol. The Morgan fingerprint density at radius 3 is 1.71 bits per heavy atom. The number of nitrogens with zero attached hydrogens (tertiary/aromatic N) is 1. The molecule has 23 heteroatoms. The predicted octanol–water partition coefficient (Wildman–Crippen LogP) is 3.33. The normalized spacial score (nSPS) is 12.6. The third-order valence-corrected chi connectivity index (χ3v) is 44.3. The highest BCUT2D eigenvalue weighted by Crippen LogP contribution is 2.34. The van der Waals surface area contributed by atoms with E-state index in [4.69, 9.17) is 22.4 Å². The van der Waals surface area contributed by atoms with Crippen molar-refractivity contribution in [3.8, 4) is 0 Å². The summed E-state index contributed by atoms with van der Waals surface area (Å²) >= 11 is 9.52. The molecule has 0 bridgehead atoms. The predicted molar refractivity (Wildman–Crippen MR) is 224 cm³/mol. The van der Waals surface area contributed by atoms with E-state index in [1.54, 1.807) is 168 Å². The summed E-state index contributed by atoms with van der Waals surface area (Å²) in [5.41, 5.74) is 5.74. The quantitative estimate of drug-likeness (QED) is 0.503. The summed E-state index contributed by atoms with van der Waals surface area (Å²) in [6.07, 6.45) is 8.68. The van der Waals surface area contributed by atoms with Crippen molar-refractivity contribution in [2.24, 2.45) is 0 Å². The second-order valence-corrected chi connectivity index (χ2v) is 40.0. The standard InChI is InChI=1S/C15H18N2.S21/c1-11-5-6-12-3-2-4-13(15(12)7-11)8-14-9-16-10-17-14;1-3-5-7-9-11-13-15-17-19-21-20-18-16-14-12-10-8-6-4-2/h5-7,9-10,13H,2-4,8H2,1H3,(H,16,17);. The first-order chi connectivity index (χ1) is 18.7. The zero-order chi connectivity index (χ0) is 27.1. The van der Waals surface area contributed by atoms with Crippen molar-refractivity contribution < 1.29 is 0 Å². The number of nitrogens with one attached hydrogen (secondary N) is 1. The van der Waals surface area contributed by atoms with E-state index in [0.717, 1.165) is 6.42 Å². The molecule has 1 aromatic heterocycles. The van der Waals surface area contributed by atoms with Gasteiger partial charge in [0.25, 0.3) is 0 Å². The van der Waals surface area contributed by atoms with Gasteiger partial charge in [-0.25, -0.2) is 4.98 Å². The van der Waals surface area contributed by atoms with Crippen molar-refractivity contribution in [2.45, 2.75) is 38.5 Å². The molecule has 0 saturated heterocycles. The van der Waals surface area contributed by atoms with E-state index in [0.29, 0.717) is 5.92 Å². The van der Waals surface area contributed by atoms with Gasteiger partial charge in [0.15, 0.2) is 0 Å². The van der Waals surface area contributed by atoms with E-state index in [1.807, 2.05) is 6.20 Å². The van der Waals surface area contributed by atoms with E-state index in [1.165, 1.54) is 48.3 Å². The average Bonchev–Trinajstić information content (AvgIpc) is 3.44. The van der Waals surface area contributed by atoms with Gasteiger partial charge >= 0.3 is 0 Å². The zero-order valence-electron chi connectivity index (χ0n) is 18.8. The van der Waals surface area contributed by atoms with Crippen molar-refractivity contribution in [2.75, 3.05) is 0 Å². The molecule has 2 nitrogen and oxygen atoms in total. The van der Waals surface area contributed by atoms with Crippen molar-refractivity contribution in [3.05, 3.63) is 53.1 Å². The fourth-order valence-corrected chi connectivity index (χ4v) is 49.7. The van der Waals surface area contributed by atoms with Gasteiger partial charge in [-0.1, -0.05) is 23.8 Å². The summed E-state index contributed by atoms with van der Waals surface area (Å²) in [4.78, 5) is 7.32. The maximum atomic E-state index is 4.76. The molecular formula is C15H18N2S21. The highest BCUT2D eigenvalue weighted by atomic mass is 33.5. The first-order valence-electron chi connectivity index (χ1n) is 9.73. The summed E-state index contributed by atoms with van der Waals surface area (Å²) in [6.45, 7) is 2.18. The molecule has 0 aliphatic heterocycles. The molecule has 2 aromatic rings. The molecule has 1 aliphatic carbocycles. The lowest BCUT2D eigenvalue weighted by molar-refractivity contribution is 0.546.